The zero-order chi connectivity index (χ0) is 20.4. The van der Waals surface area contributed by atoms with Gasteiger partial charge in [0, 0.05) is 11.3 Å². The number of nitrogens with two attached hydrogens (primary N) is 1. The molecule has 0 saturated carbocycles. The molecule has 1 aliphatic rings. The topological polar surface area (TPSA) is 114 Å². The number of rotatable bonds is 5. The van der Waals surface area contributed by atoms with Gasteiger partial charge in [0.15, 0.2) is 0 Å². The summed E-state index contributed by atoms with van der Waals surface area (Å²) in [7, 11) is 1.29. The second-order valence-electron chi connectivity index (χ2n) is 6.28. The third kappa shape index (κ3) is 3.61. The first kappa shape index (κ1) is 19.6. The maximum atomic E-state index is 12.8. The molecule has 3 rings (SSSR count). The number of nitrogens with one attached hydrogen (secondary N) is 1. The standard InChI is InChI=1S/C19H20N4O4S/c1-10-11(2)28-18(15(10)19(26)27-3)21-17(25)13-9-14(16(20)24)23(22-13)12-7-5-4-6-8-12/h4-8,14H,9H2,1-3H3,(H2,20,24)(H,21,25). The van der Waals surface area contributed by atoms with Gasteiger partial charge in [0.1, 0.15) is 16.8 Å². The molecule has 8 nitrogen and oxygen atoms in total. The number of hydrazone groups is 1. The van der Waals surface area contributed by atoms with E-state index in [0.717, 1.165) is 10.4 Å². The van der Waals surface area contributed by atoms with Crippen LogP contribution in [0.4, 0.5) is 10.7 Å². The number of hydrogen-bond donors (Lipinski definition) is 2. The fourth-order valence-electron chi connectivity index (χ4n) is 2.93. The summed E-state index contributed by atoms with van der Waals surface area (Å²) in [6.45, 7) is 3.65. The first-order valence-electron chi connectivity index (χ1n) is 8.54. The van der Waals surface area contributed by atoms with E-state index in [2.05, 4.69) is 10.4 Å². The van der Waals surface area contributed by atoms with Gasteiger partial charge >= 0.3 is 5.97 Å². The highest BCUT2D eigenvalue weighted by molar-refractivity contribution is 7.17. The van der Waals surface area contributed by atoms with E-state index in [4.69, 9.17) is 10.5 Å². The van der Waals surface area contributed by atoms with Gasteiger partial charge in [-0.3, -0.25) is 14.6 Å². The summed E-state index contributed by atoms with van der Waals surface area (Å²) in [4.78, 5) is 37.6. The molecule has 0 aliphatic carbocycles. The maximum Gasteiger partial charge on any atom is 0.341 e. The zero-order valence-electron chi connectivity index (χ0n) is 15.7. The van der Waals surface area contributed by atoms with Crippen molar-refractivity contribution in [2.45, 2.75) is 26.3 Å². The number of methoxy groups -OCH3 is 1. The molecule has 146 valence electrons. The molecule has 0 bridgehead atoms. The smallest absolute Gasteiger partial charge is 0.341 e. The van der Waals surface area contributed by atoms with E-state index in [0.29, 0.717) is 16.3 Å². The lowest BCUT2D eigenvalue weighted by Gasteiger charge is -2.20. The van der Waals surface area contributed by atoms with Crippen molar-refractivity contribution in [2.75, 3.05) is 17.4 Å². The van der Waals surface area contributed by atoms with E-state index >= 15 is 0 Å². The molecule has 1 aromatic carbocycles. The summed E-state index contributed by atoms with van der Waals surface area (Å²) < 4.78 is 4.82. The minimum Gasteiger partial charge on any atom is -0.465 e. The van der Waals surface area contributed by atoms with E-state index in [1.54, 1.807) is 31.2 Å². The Hall–Kier alpha value is -3.20. The summed E-state index contributed by atoms with van der Waals surface area (Å²) in [6, 6.07) is 8.26. The molecule has 1 aliphatic heterocycles. The summed E-state index contributed by atoms with van der Waals surface area (Å²) in [5.41, 5.74) is 7.39. The zero-order valence-corrected chi connectivity index (χ0v) is 16.5. The highest BCUT2D eigenvalue weighted by Gasteiger charge is 2.35. The largest absolute Gasteiger partial charge is 0.465 e. The van der Waals surface area contributed by atoms with Crippen LogP contribution < -0.4 is 16.1 Å². The maximum absolute atomic E-state index is 12.8. The van der Waals surface area contributed by atoms with Crippen molar-refractivity contribution < 1.29 is 19.1 Å². The number of esters is 1. The van der Waals surface area contributed by atoms with Crippen LogP contribution >= 0.6 is 11.3 Å². The molecule has 3 N–H and O–H groups in total. The number of benzene rings is 1. The van der Waals surface area contributed by atoms with Crippen molar-refractivity contribution in [1.29, 1.82) is 0 Å². The van der Waals surface area contributed by atoms with E-state index in [1.165, 1.54) is 23.5 Å². The Morgan fingerprint density at radius 3 is 2.54 bits per heavy atom. The molecule has 1 atom stereocenters. The minimum atomic E-state index is -0.755. The van der Waals surface area contributed by atoms with Crippen LogP contribution in [0.15, 0.2) is 35.4 Å². The van der Waals surface area contributed by atoms with Crippen molar-refractivity contribution in [3.63, 3.8) is 0 Å². The number of para-hydroxylation sites is 1. The lowest BCUT2D eigenvalue weighted by molar-refractivity contribution is -0.119. The second kappa shape index (κ2) is 7.81. The minimum absolute atomic E-state index is 0.0763. The molecule has 28 heavy (non-hydrogen) atoms. The van der Waals surface area contributed by atoms with Gasteiger partial charge in [-0.2, -0.15) is 5.10 Å². The molecule has 1 unspecified atom stereocenters. The predicted molar refractivity (Wildman–Crippen MR) is 108 cm³/mol. The van der Waals surface area contributed by atoms with Crippen molar-refractivity contribution in [3.05, 3.63) is 46.3 Å². The average Bonchev–Trinajstić information content (AvgIpc) is 3.24. The fraction of sp³-hybridized carbons (Fsp3) is 0.263. The molecule has 2 amide bonds. The third-order valence-corrected chi connectivity index (χ3v) is 5.65. The molecule has 0 spiro atoms. The van der Waals surface area contributed by atoms with Crippen molar-refractivity contribution in [1.82, 2.24) is 0 Å². The quantitative estimate of drug-likeness (QED) is 0.747. The highest BCUT2D eigenvalue weighted by atomic mass is 32.1. The molecule has 0 radical (unpaired) electrons. The van der Waals surface area contributed by atoms with Crippen LogP contribution in [0.2, 0.25) is 0 Å². The van der Waals surface area contributed by atoms with Gasteiger partial charge in [-0.1, -0.05) is 18.2 Å². The third-order valence-electron chi connectivity index (χ3n) is 4.52. The molecule has 2 heterocycles. The number of primary amides is 1. The lowest BCUT2D eigenvalue weighted by Crippen LogP contribution is -2.39. The average molecular weight is 400 g/mol. The SMILES string of the molecule is COC(=O)c1c(NC(=O)C2=NN(c3ccccc3)C(C(N)=O)C2)sc(C)c1C. The molecule has 0 fully saturated rings. The lowest BCUT2D eigenvalue weighted by atomic mass is 10.1. The summed E-state index contributed by atoms with van der Waals surface area (Å²) in [5.74, 6) is -1.59. The summed E-state index contributed by atoms with van der Waals surface area (Å²) in [6.07, 6.45) is 0.0763. The van der Waals surface area contributed by atoms with E-state index in [-0.39, 0.29) is 12.1 Å². The van der Waals surface area contributed by atoms with Gasteiger partial charge in [0.2, 0.25) is 5.91 Å². The van der Waals surface area contributed by atoms with Crippen LogP contribution in [-0.2, 0) is 14.3 Å². The van der Waals surface area contributed by atoms with Gasteiger partial charge in [-0.25, -0.2) is 4.79 Å². The molecular weight excluding hydrogens is 380 g/mol. The Kier molecular flexibility index (Phi) is 5.46. The molecule has 1 aromatic heterocycles. The van der Waals surface area contributed by atoms with Crippen molar-refractivity contribution >= 4 is 45.5 Å². The highest BCUT2D eigenvalue weighted by Crippen LogP contribution is 2.33. The Morgan fingerprint density at radius 2 is 1.93 bits per heavy atom. The fourth-order valence-corrected chi connectivity index (χ4v) is 3.97. The van der Waals surface area contributed by atoms with Crippen LogP contribution in [0.3, 0.4) is 0 Å². The normalized spacial score (nSPS) is 15.9. The van der Waals surface area contributed by atoms with Crippen LogP contribution in [0.1, 0.15) is 27.2 Å². The number of amides is 2. The second-order valence-corrected chi connectivity index (χ2v) is 7.51. The van der Waals surface area contributed by atoms with Crippen LogP contribution in [0, 0.1) is 13.8 Å². The molecular formula is C19H20N4O4S. The Morgan fingerprint density at radius 1 is 1.25 bits per heavy atom. The first-order chi connectivity index (χ1) is 13.3. The number of carbonyl (C=O) groups is 3. The number of anilines is 2. The number of hydrogen-bond acceptors (Lipinski definition) is 7. The Bertz CT molecular complexity index is 968. The summed E-state index contributed by atoms with van der Waals surface area (Å²) in [5, 5.41) is 8.88. The van der Waals surface area contributed by atoms with Gasteiger partial charge in [-0.15, -0.1) is 11.3 Å². The Labute approximate surface area is 166 Å². The van der Waals surface area contributed by atoms with Gasteiger partial charge in [0.05, 0.1) is 18.4 Å². The van der Waals surface area contributed by atoms with E-state index < -0.39 is 23.8 Å². The van der Waals surface area contributed by atoms with Gasteiger partial charge < -0.3 is 15.8 Å². The van der Waals surface area contributed by atoms with Crippen molar-refractivity contribution in [2.24, 2.45) is 10.8 Å². The number of aryl methyl sites for hydroxylation is 1. The number of carbonyl (C=O) groups excluding carboxylic acids is 3. The van der Waals surface area contributed by atoms with Crippen LogP contribution in [0.25, 0.3) is 0 Å². The number of thiophene rings is 1. The number of nitrogens with zero attached hydrogens (tertiary/aromatic N) is 2. The number of ether oxygens (including phenoxy) is 1. The molecule has 9 heteroatoms. The van der Waals surface area contributed by atoms with Crippen LogP contribution in [-0.4, -0.2) is 36.6 Å². The van der Waals surface area contributed by atoms with Crippen molar-refractivity contribution in [3.8, 4) is 0 Å². The first-order valence-corrected chi connectivity index (χ1v) is 9.35. The molecule has 2 aromatic rings. The van der Waals surface area contributed by atoms with Crippen LogP contribution in [0.5, 0.6) is 0 Å². The van der Waals surface area contributed by atoms with E-state index in [1.807, 2.05) is 13.0 Å². The summed E-state index contributed by atoms with van der Waals surface area (Å²) >= 11 is 1.28. The Balaban J connectivity index is 1.88. The van der Waals surface area contributed by atoms with Gasteiger partial charge in [-0.05, 0) is 31.5 Å². The van der Waals surface area contributed by atoms with E-state index in [9.17, 15) is 14.4 Å². The molecule has 0 saturated heterocycles. The van der Waals surface area contributed by atoms with Gasteiger partial charge in [0.25, 0.3) is 5.91 Å². The monoisotopic (exact) mass is 400 g/mol. The predicted octanol–water partition coefficient (Wildman–Crippen LogP) is 2.21.